The summed E-state index contributed by atoms with van der Waals surface area (Å²) in [6.07, 6.45) is 6.34. The van der Waals surface area contributed by atoms with Crippen molar-refractivity contribution in [3.8, 4) is 11.3 Å². The SMILES string of the molecule is CC[C@H](C)Nc1nc(NCc2ccccn2)cc(-c2cccnc2)n1. The Morgan fingerprint density at radius 3 is 2.72 bits per heavy atom. The summed E-state index contributed by atoms with van der Waals surface area (Å²) in [4.78, 5) is 17.7. The summed E-state index contributed by atoms with van der Waals surface area (Å²) in [5, 5.41) is 6.67. The number of anilines is 2. The molecular weight excluding hydrogens is 312 g/mol. The molecule has 6 nitrogen and oxygen atoms in total. The van der Waals surface area contributed by atoms with Crippen LogP contribution in [0.1, 0.15) is 26.0 Å². The Labute approximate surface area is 147 Å². The molecule has 0 spiro atoms. The van der Waals surface area contributed by atoms with Crippen LogP contribution in [0.2, 0.25) is 0 Å². The lowest BCUT2D eigenvalue weighted by Gasteiger charge is -2.14. The number of aromatic nitrogens is 4. The molecule has 0 unspecified atom stereocenters. The molecule has 0 aliphatic carbocycles. The molecule has 2 N–H and O–H groups in total. The van der Waals surface area contributed by atoms with Gasteiger partial charge in [0, 0.05) is 36.3 Å². The van der Waals surface area contributed by atoms with Crippen LogP contribution < -0.4 is 10.6 Å². The van der Waals surface area contributed by atoms with Gasteiger partial charge in [0.1, 0.15) is 5.82 Å². The van der Waals surface area contributed by atoms with Gasteiger partial charge in [0.05, 0.1) is 17.9 Å². The molecule has 0 aliphatic rings. The Kier molecular flexibility index (Phi) is 5.51. The Morgan fingerprint density at radius 1 is 1.08 bits per heavy atom. The number of hydrogen-bond donors (Lipinski definition) is 2. The summed E-state index contributed by atoms with van der Waals surface area (Å²) >= 11 is 0. The molecule has 128 valence electrons. The number of hydrogen-bond acceptors (Lipinski definition) is 6. The van der Waals surface area contributed by atoms with Gasteiger partial charge >= 0.3 is 0 Å². The summed E-state index contributed by atoms with van der Waals surface area (Å²) in [5.41, 5.74) is 2.75. The van der Waals surface area contributed by atoms with Crippen LogP contribution in [0.3, 0.4) is 0 Å². The predicted octanol–water partition coefficient (Wildman–Crippen LogP) is 3.76. The van der Waals surface area contributed by atoms with Gasteiger partial charge in [0.15, 0.2) is 0 Å². The van der Waals surface area contributed by atoms with Crippen LogP contribution in [-0.4, -0.2) is 26.0 Å². The summed E-state index contributed by atoms with van der Waals surface area (Å²) < 4.78 is 0. The van der Waals surface area contributed by atoms with Crippen molar-refractivity contribution in [2.45, 2.75) is 32.9 Å². The van der Waals surface area contributed by atoms with Crippen molar-refractivity contribution >= 4 is 11.8 Å². The average molecular weight is 334 g/mol. The maximum absolute atomic E-state index is 4.63. The van der Waals surface area contributed by atoms with Gasteiger partial charge < -0.3 is 10.6 Å². The van der Waals surface area contributed by atoms with Crippen molar-refractivity contribution in [1.82, 2.24) is 19.9 Å². The summed E-state index contributed by atoms with van der Waals surface area (Å²) in [5.74, 6) is 1.37. The van der Waals surface area contributed by atoms with Gasteiger partial charge in [0.25, 0.3) is 0 Å². The second-order valence-corrected chi connectivity index (χ2v) is 5.83. The lowest BCUT2D eigenvalue weighted by atomic mass is 10.2. The summed E-state index contributed by atoms with van der Waals surface area (Å²) in [6, 6.07) is 12.0. The van der Waals surface area contributed by atoms with Crippen LogP contribution in [0.15, 0.2) is 55.0 Å². The van der Waals surface area contributed by atoms with E-state index in [1.807, 2.05) is 36.4 Å². The zero-order valence-electron chi connectivity index (χ0n) is 14.5. The predicted molar refractivity (Wildman–Crippen MR) is 100 cm³/mol. The van der Waals surface area contributed by atoms with E-state index in [0.717, 1.165) is 29.2 Å². The molecule has 3 aromatic rings. The third-order valence-electron chi connectivity index (χ3n) is 3.85. The van der Waals surface area contributed by atoms with E-state index >= 15 is 0 Å². The largest absolute Gasteiger partial charge is 0.364 e. The lowest BCUT2D eigenvalue weighted by molar-refractivity contribution is 0.753. The first-order chi connectivity index (χ1) is 12.2. The molecule has 0 saturated carbocycles. The van der Waals surface area contributed by atoms with Gasteiger partial charge in [0.2, 0.25) is 5.95 Å². The lowest BCUT2D eigenvalue weighted by Crippen LogP contribution is -2.16. The normalized spacial score (nSPS) is 11.8. The van der Waals surface area contributed by atoms with Gasteiger partial charge in [-0.25, -0.2) is 4.98 Å². The Bertz CT molecular complexity index is 792. The molecule has 0 fully saturated rings. The van der Waals surface area contributed by atoms with Crippen molar-refractivity contribution < 1.29 is 0 Å². The van der Waals surface area contributed by atoms with Crippen molar-refractivity contribution in [3.05, 3.63) is 60.7 Å². The molecule has 0 radical (unpaired) electrons. The van der Waals surface area contributed by atoms with Crippen LogP contribution in [0.25, 0.3) is 11.3 Å². The first kappa shape index (κ1) is 16.8. The standard InChI is InChI=1S/C19H22N6/c1-3-14(2)23-19-24-17(15-7-6-9-20-12-15)11-18(25-19)22-13-16-8-4-5-10-21-16/h4-12,14H,3,13H2,1-2H3,(H2,22,23,24,25)/t14-/m0/s1. The monoisotopic (exact) mass is 334 g/mol. The van der Waals surface area contributed by atoms with Crippen molar-refractivity contribution in [1.29, 1.82) is 0 Å². The Morgan fingerprint density at radius 2 is 2.00 bits per heavy atom. The fraction of sp³-hybridized carbons (Fsp3) is 0.263. The molecule has 25 heavy (non-hydrogen) atoms. The highest BCUT2D eigenvalue weighted by molar-refractivity contribution is 5.63. The van der Waals surface area contributed by atoms with E-state index in [1.54, 1.807) is 18.6 Å². The number of nitrogens with one attached hydrogen (secondary N) is 2. The van der Waals surface area contributed by atoms with Crippen LogP contribution in [0.5, 0.6) is 0 Å². The summed E-state index contributed by atoms with van der Waals surface area (Å²) in [7, 11) is 0. The minimum Gasteiger partial charge on any atom is -0.364 e. The van der Waals surface area contributed by atoms with Crippen LogP contribution in [0, 0.1) is 0 Å². The van der Waals surface area contributed by atoms with Gasteiger partial charge in [-0.1, -0.05) is 13.0 Å². The number of rotatable bonds is 7. The molecule has 3 rings (SSSR count). The quantitative estimate of drug-likeness (QED) is 0.685. The summed E-state index contributed by atoms with van der Waals surface area (Å²) in [6.45, 7) is 4.84. The van der Waals surface area contributed by atoms with Crippen LogP contribution in [-0.2, 0) is 6.54 Å². The number of pyridine rings is 2. The third kappa shape index (κ3) is 4.73. The van der Waals surface area contributed by atoms with E-state index in [-0.39, 0.29) is 0 Å². The smallest absolute Gasteiger partial charge is 0.225 e. The Hall–Kier alpha value is -3.02. The van der Waals surface area contributed by atoms with Crippen molar-refractivity contribution in [2.75, 3.05) is 10.6 Å². The maximum atomic E-state index is 4.63. The van der Waals surface area contributed by atoms with E-state index in [1.165, 1.54) is 0 Å². The molecule has 6 heteroatoms. The average Bonchev–Trinajstić information content (AvgIpc) is 2.67. The fourth-order valence-corrected chi connectivity index (χ4v) is 2.27. The highest BCUT2D eigenvalue weighted by Gasteiger charge is 2.09. The maximum Gasteiger partial charge on any atom is 0.225 e. The molecular formula is C19H22N6. The van der Waals surface area contributed by atoms with Gasteiger partial charge in [-0.05, 0) is 37.6 Å². The molecule has 0 saturated heterocycles. The van der Waals surface area contributed by atoms with Crippen molar-refractivity contribution in [2.24, 2.45) is 0 Å². The fourth-order valence-electron chi connectivity index (χ4n) is 2.27. The minimum atomic E-state index is 0.299. The van der Waals surface area contributed by atoms with Crippen molar-refractivity contribution in [3.63, 3.8) is 0 Å². The van der Waals surface area contributed by atoms with Gasteiger partial charge in [-0.15, -0.1) is 0 Å². The van der Waals surface area contributed by atoms with Crippen LogP contribution in [0.4, 0.5) is 11.8 Å². The van der Waals surface area contributed by atoms with E-state index in [2.05, 4.69) is 44.4 Å². The highest BCUT2D eigenvalue weighted by atomic mass is 15.2. The number of nitrogens with zero attached hydrogens (tertiary/aromatic N) is 4. The highest BCUT2D eigenvalue weighted by Crippen LogP contribution is 2.21. The topological polar surface area (TPSA) is 75.6 Å². The van der Waals surface area contributed by atoms with Gasteiger partial charge in [-0.3, -0.25) is 9.97 Å². The first-order valence-electron chi connectivity index (χ1n) is 8.44. The molecule has 1 atom stereocenters. The van der Waals surface area contributed by atoms with Gasteiger partial charge in [-0.2, -0.15) is 4.98 Å². The molecule has 0 bridgehead atoms. The van der Waals surface area contributed by atoms with E-state index in [9.17, 15) is 0 Å². The first-order valence-corrected chi connectivity index (χ1v) is 8.44. The van der Waals surface area contributed by atoms with E-state index < -0.39 is 0 Å². The van der Waals surface area contributed by atoms with Crippen LogP contribution >= 0.6 is 0 Å². The van der Waals surface area contributed by atoms with E-state index in [4.69, 9.17) is 0 Å². The molecule has 0 amide bonds. The second-order valence-electron chi connectivity index (χ2n) is 5.83. The molecule has 3 heterocycles. The zero-order chi connectivity index (χ0) is 17.5. The Balaban J connectivity index is 1.86. The van der Waals surface area contributed by atoms with E-state index in [0.29, 0.717) is 18.5 Å². The third-order valence-corrected chi connectivity index (χ3v) is 3.85. The molecule has 0 aliphatic heterocycles. The second kappa shape index (κ2) is 8.19. The minimum absolute atomic E-state index is 0.299. The molecule has 3 aromatic heterocycles. The zero-order valence-corrected chi connectivity index (χ0v) is 14.5. The molecule has 0 aromatic carbocycles.